The van der Waals surface area contributed by atoms with Crippen molar-refractivity contribution in [1.29, 1.82) is 0 Å². The number of aromatic nitrogens is 1. The van der Waals surface area contributed by atoms with Gasteiger partial charge in [-0.3, -0.25) is 0 Å². The summed E-state index contributed by atoms with van der Waals surface area (Å²) in [5.74, 6) is 0.841. The number of ether oxygens (including phenoxy) is 1. The molecule has 1 heterocycles. The number of amides is 2. The van der Waals surface area contributed by atoms with Gasteiger partial charge in [0.1, 0.15) is 12.4 Å². The lowest BCUT2D eigenvalue weighted by molar-refractivity contribution is 0.206. The molecule has 0 bridgehead atoms. The fourth-order valence-electron chi connectivity index (χ4n) is 2.16. The van der Waals surface area contributed by atoms with E-state index in [2.05, 4.69) is 15.2 Å². The molecule has 0 aliphatic rings. The Balaban J connectivity index is 1.75. The summed E-state index contributed by atoms with van der Waals surface area (Å²) in [4.78, 5) is 20.2. The SMILES string of the molecule is Cc1nc(CN(C)C(=O)NCc2ccc(OCCN(C)C)cc2)cs1. The van der Waals surface area contributed by atoms with Crippen LogP contribution in [0.5, 0.6) is 5.75 Å². The summed E-state index contributed by atoms with van der Waals surface area (Å²) in [6.07, 6.45) is 0. The third kappa shape index (κ3) is 6.72. The van der Waals surface area contributed by atoms with Crippen molar-refractivity contribution in [3.63, 3.8) is 0 Å². The van der Waals surface area contributed by atoms with Crippen LogP contribution in [0.15, 0.2) is 29.6 Å². The maximum absolute atomic E-state index is 12.2. The number of rotatable bonds is 8. The van der Waals surface area contributed by atoms with Crippen molar-refractivity contribution in [2.45, 2.75) is 20.0 Å². The Hall–Kier alpha value is -2.12. The topological polar surface area (TPSA) is 57.7 Å². The highest BCUT2D eigenvalue weighted by molar-refractivity contribution is 7.09. The smallest absolute Gasteiger partial charge is 0.317 e. The van der Waals surface area contributed by atoms with Crippen LogP contribution in [0.25, 0.3) is 0 Å². The molecule has 2 rings (SSSR count). The molecule has 1 N–H and O–H groups in total. The molecule has 0 aliphatic heterocycles. The van der Waals surface area contributed by atoms with Gasteiger partial charge in [-0.25, -0.2) is 9.78 Å². The van der Waals surface area contributed by atoms with Crippen molar-refractivity contribution in [3.8, 4) is 5.75 Å². The first-order chi connectivity index (χ1) is 11.9. The predicted molar refractivity (Wildman–Crippen MR) is 101 cm³/mol. The van der Waals surface area contributed by atoms with Crippen molar-refractivity contribution in [2.24, 2.45) is 0 Å². The number of nitrogens with one attached hydrogen (secondary N) is 1. The van der Waals surface area contributed by atoms with Gasteiger partial charge in [0.05, 0.1) is 17.2 Å². The highest BCUT2D eigenvalue weighted by atomic mass is 32.1. The highest BCUT2D eigenvalue weighted by Crippen LogP contribution is 2.12. The number of hydrogen-bond acceptors (Lipinski definition) is 5. The minimum absolute atomic E-state index is 0.114. The van der Waals surface area contributed by atoms with Gasteiger partial charge in [0.25, 0.3) is 0 Å². The summed E-state index contributed by atoms with van der Waals surface area (Å²) in [6, 6.07) is 7.68. The minimum atomic E-state index is -0.114. The van der Waals surface area contributed by atoms with E-state index in [9.17, 15) is 4.79 Å². The molecular formula is C18H26N4O2S. The van der Waals surface area contributed by atoms with Crippen LogP contribution in [0, 0.1) is 6.92 Å². The number of carbonyl (C=O) groups excluding carboxylic acids is 1. The van der Waals surface area contributed by atoms with E-state index in [4.69, 9.17) is 4.74 Å². The second-order valence-corrected chi connectivity index (χ2v) is 7.23. The zero-order valence-corrected chi connectivity index (χ0v) is 16.1. The Labute approximate surface area is 153 Å². The molecule has 2 aromatic rings. The molecule has 0 saturated heterocycles. The summed E-state index contributed by atoms with van der Waals surface area (Å²) >= 11 is 1.59. The minimum Gasteiger partial charge on any atom is -0.492 e. The van der Waals surface area contributed by atoms with Gasteiger partial charge in [-0.05, 0) is 38.7 Å². The van der Waals surface area contributed by atoms with Crippen LogP contribution >= 0.6 is 11.3 Å². The second kappa shape index (κ2) is 9.39. The van der Waals surface area contributed by atoms with Crippen LogP contribution in [0.2, 0.25) is 0 Å². The number of thiazole rings is 1. The van der Waals surface area contributed by atoms with E-state index in [1.807, 2.05) is 50.7 Å². The number of aryl methyl sites for hydroxylation is 1. The molecule has 0 aliphatic carbocycles. The van der Waals surface area contributed by atoms with E-state index in [1.54, 1.807) is 23.3 Å². The van der Waals surface area contributed by atoms with Crippen LogP contribution in [-0.2, 0) is 13.1 Å². The number of nitrogens with zero attached hydrogens (tertiary/aromatic N) is 3. The monoisotopic (exact) mass is 362 g/mol. The Bertz CT molecular complexity index is 670. The zero-order chi connectivity index (χ0) is 18.2. The number of hydrogen-bond donors (Lipinski definition) is 1. The first-order valence-corrected chi connectivity index (χ1v) is 9.08. The Kier molecular flexibility index (Phi) is 7.21. The zero-order valence-electron chi connectivity index (χ0n) is 15.3. The van der Waals surface area contributed by atoms with E-state index >= 15 is 0 Å². The van der Waals surface area contributed by atoms with Gasteiger partial charge in [-0.1, -0.05) is 12.1 Å². The first-order valence-electron chi connectivity index (χ1n) is 8.20. The molecule has 1 aromatic heterocycles. The van der Waals surface area contributed by atoms with Gasteiger partial charge in [0.15, 0.2) is 0 Å². The lowest BCUT2D eigenvalue weighted by Gasteiger charge is -2.17. The van der Waals surface area contributed by atoms with Crippen LogP contribution < -0.4 is 10.1 Å². The van der Waals surface area contributed by atoms with Gasteiger partial charge in [-0.15, -0.1) is 11.3 Å². The molecule has 2 amide bonds. The maximum Gasteiger partial charge on any atom is 0.317 e. The average Bonchev–Trinajstić information content (AvgIpc) is 2.98. The van der Waals surface area contributed by atoms with Crippen LogP contribution in [-0.4, -0.2) is 55.1 Å². The van der Waals surface area contributed by atoms with Crippen LogP contribution in [0.3, 0.4) is 0 Å². The molecule has 7 heteroatoms. The van der Waals surface area contributed by atoms with Crippen LogP contribution in [0.1, 0.15) is 16.3 Å². The standard InChI is InChI=1S/C18H26N4O2S/c1-14-20-16(13-25-14)12-22(4)18(23)19-11-15-5-7-17(8-6-15)24-10-9-21(2)3/h5-8,13H,9-12H2,1-4H3,(H,19,23). The molecule has 0 saturated carbocycles. The van der Waals surface area contributed by atoms with E-state index in [1.165, 1.54) is 0 Å². The maximum atomic E-state index is 12.2. The van der Waals surface area contributed by atoms with Crippen molar-refractivity contribution in [2.75, 3.05) is 34.3 Å². The van der Waals surface area contributed by atoms with Crippen LogP contribution in [0.4, 0.5) is 4.79 Å². The predicted octanol–water partition coefficient (Wildman–Crippen LogP) is 2.73. The van der Waals surface area contributed by atoms with Gasteiger partial charge >= 0.3 is 6.03 Å². The number of carbonyl (C=O) groups is 1. The third-order valence-electron chi connectivity index (χ3n) is 3.59. The van der Waals surface area contributed by atoms with E-state index in [0.29, 0.717) is 19.7 Å². The largest absolute Gasteiger partial charge is 0.492 e. The number of urea groups is 1. The average molecular weight is 362 g/mol. The van der Waals surface area contributed by atoms with Crippen molar-refractivity contribution < 1.29 is 9.53 Å². The highest BCUT2D eigenvalue weighted by Gasteiger charge is 2.10. The van der Waals surface area contributed by atoms with Gasteiger partial charge in [-0.2, -0.15) is 0 Å². The van der Waals surface area contributed by atoms with Gasteiger partial charge in [0, 0.05) is 25.5 Å². The molecule has 1 aromatic carbocycles. The Morgan fingerprint density at radius 1 is 1.24 bits per heavy atom. The van der Waals surface area contributed by atoms with E-state index in [-0.39, 0.29) is 6.03 Å². The summed E-state index contributed by atoms with van der Waals surface area (Å²) in [6.45, 7) is 4.49. The summed E-state index contributed by atoms with van der Waals surface area (Å²) < 4.78 is 5.66. The van der Waals surface area contributed by atoms with Gasteiger partial charge in [0.2, 0.25) is 0 Å². The van der Waals surface area contributed by atoms with Crippen molar-refractivity contribution >= 4 is 17.4 Å². The number of likely N-dealkylation sites (N-methyl/N-ethyl adjacent to an activating group) is 1. The fraction of sp³-hybridized carbons (Fsp3) is 0.444. The molecule has 6 nitrogen and oxygen atoms in total. The first kappa shape index (κ1) is 19.2. The molecule has 0 fully saturated rings. The van der Waals surface area contributed by atoms with E-state index < -0.39 is 0 Å². The summed E-state index contributed by atoms with van der Waals surface area (Å²) in [5, 5.41) is 5.91. The lowest BCUT2D eigenvalue weighted by atomic mass is 10.2. The second-order valence-electron chi connectivity index (χ2n) is 6.17. The summed E-state index contributed by atoms with van der Waals surface area (Å²) in [5.41, 5.74) is 1.95. The van der Waals surface area contributed by atoms with E-state index in [0.717, 1.165) is 28.6 Å². The molecule has 136 valence electrons. The van der Waals surface area contributed by atoms with Crippen molar-refractivity contribution in [3.05, 3.63) is 45.9 Å². The fourth-order valence-corrected chi connectivity index (χ4v) is 2.76. The molecule has 0 unspecified atom stereocenters. The van der Waals surface area contributed by atoms with Crippen molar-refractivity contribution in [1.82, 2.24) is 20.1 Å². The molecule has 0 radical (unpaired) electrons. The lowest BCUT2D eigenvalue weighted by Crippen LogP contribution is -2.36. The normalized spacial score (nSPS) is 10.8. The molecule has 25 heavy (non-hydrogen) atoms. The molecule has 0 atom stereocenters. The Morgan fingerprint density at radius 2 is 1.96 bits per heavy atom. The van der Waals surface area contributed by atoms with Gasteiger partial charge < -0.3 is 19.9 Å². The Morgan fingerprint density at radius 3 is 2.56 bits per heavy atom. The number of benzene rings is 1. The molecule has 0 spiro atoms. The quantitative estimate of drug-likeness (QED) is 0.784. The third-order valence-corrected chi connectivity index (χ3v) is 4.41. The summed E-state index contributed by atoms with van der Waals surface area (Å²) in [7, 11) is 5.80. The molecular weight excluding hydrogens is 336 g/mol.